The molecule has 0 heterocycles. The van der Waals surface area contributed by atoms with Crippen LogP contribution in [0.3, 0.4) is 0 Å². The molecule has 0 saturated carbocycles. The molecule has 3 N–H and O–H groups in total. The number of nitrogens with one attached hydrogen (secondary N) is 1. The van der Waals surface area contributed by atoms with Crippen molar-refractivity contribution < 1.29 is 15.0 Å². The van der Waals surface area contributed by atoms with Crippen molar-refractivity contribution in [1.29, 1.82) is 0 Å². The third-order valence-corrected chi connectivity index (χ3v) is 11.3. The zero-order valence-corrected chi connectivity index (χ0v) is 37.7. The van der Waals surface area contributed by atoms with Crippen molar-refractivity contribution in [2.75, 3.05) is 6.61 Å². The van der Waals surface area contributed by atoms with Crippen molar-refractivity contribution >= 4 is 5.91 Å². The molecule has 0 bridgehead atoms. The molecule has 0 aliphatic carbocycles. The molecule has 4 nitrogen and oxygen atoms in total. The van der Waals surface area contributed by atoms with Gasteiger partial charge in [0.2, 0.25) is 5.91 Å². The Bertz CT molecular complexity index is 893. The molecule has 0 radical (unpaired) electrons. The third kappa shape index (κ3) is 43.5. The summed E-state index contributed by atoms with van der Waals surface area (Å²) in [6.45, 7) is 4.30. The number of aliphatic hydroxyl groups is 2. The predicted octanol–water partition coefficient (Wildman–Crippen LogP) is 15.9. The lowest BCUT2D eigenvalue weighted by atomic mass is 10.0. The molecule has 1 amide bonds. The number of hydrogen-bond donors (Lipinski definition) is 3. The maximum atomic E-state index is 12.4. The fourth-order valence-corrected chi connectivity index (χ4v) is 7.44. The highest BCUT2D eigenvalue weighted by atomic mass is 16.3. The van der Waals surface area contributed by atoms with Crippen molar-refractivity contribution in [3.05, 3.63) is 48.6 Å². The molecule has 0 aromatic heterocycles. The Morgan fingerprint density at radius 3 is 1.04 bits per heavy atom. The van der Waals surface area contributed by atoms with E-state index in [1.165, 1.54) is 199 Å². The van der Waals surface area contributed by atoms with Crippen molar-refractivity contribution in [1.82, 2.24) is 5.32 Å². The van der Waals surface area contributed by atoms with E-state index in [0.29, 0.717) is 6.42 Å². The van der Waals surface area contributed by atoms with E-state index in [9.17, 15) is 15.0 Å². The van der Waals surface area contributed by atoms with Crippen LogP contribution in [0.15, 0.2) is 48.6 Å². The van der Waals surface area contributed by atoms with Gasteiger partial charge < -0.3 is 15.5 Å². The quantitative estimate of drug-likeness (QED) is 0.0425. The molecule has 0 fully saturated rings. The van der Waals surface area contributed by atoms with Gasteiger partial charge in [0.05, 0.1) is 18.8 Å². The highest BCUT2D eigenvalue weighted by Crippen LogP contribution is 2.15. The van der Waals surface area contributed by atoms with Gasteiger partial charge in [0, 0.05) is 6.42 Å². The lowest BCUT2D eigenvalue weighted by molar-refractivity contribution is -0.123. The van der Waals surface area contributed by atoms with Gasteiger partial charge in [0.15, 0.2) is 0 Å². The molecule has 0 saturated heterocycles. The number of allylic oxidation sites excluding steroid dienone is 7. The maximum Gasteiger partial charge on any atom is 0.220 e. The topological polar surface area (TPSA) is 69.6 Å². The summed E-state index contributed by atoms with van der Waals surface area (Å²) >= 11 is 0. The van der Waals surface area contributed by atoms with Gasteiger partial charge in [-0.2, -0.15) is 0 Å². The molecular formula is C52H97NO3. The van der Waals surface area contributed by atoms with Crippen molar-refractivity contribution in [2.45, 2.75) is 270 Å². The fourth-order valence-electron chi connectivity index (χ4n) is 7.44. The van der Waals surface area contributed by atoms with Gasteiger partial charge >= 0.3 is 0 Å². The summed E-state index contributed by atoms with van der Waals surface area (Å²) in [6, 6.07) is -0.646. The monoisotopic (exact) mass is 784 g/mol. The van der Waals surface area contributed by atoms with E-state index < -0.39 is 12.1 Å². The molecule has 4 heteroatoms. The van der Waals surface area contributed by atoms with E-state index in [-0.39, 0.29) is 12.5 Å². The van der Waals surface area contributed by atoms with Gasteiger partial charge in [-0.1, -0.05) is 229 Å². The Labute approximate surface area is 350 Å². The van der Waals surface area contributed by atoms with Crippen LogP contribution in [0.5, 0.6) is 0 Å². The minimum Gasteiger partial charge on any atom is -0.394 e. The minimum atomic E-state index is -0.871. The zero-order valence-electron chi connectivity index (χ0n) is 37.7. The van der Waals surface area contributed by atoms with Crippen LogP contribution in [0, 0.1) is 0 Å². The van der Waals surface area contributed by atoms with Gasteiger partial charge in [0.1, 0.15) is 0 Å². The number of unbranched alkanes of at least 4 members (excludes halogenated alkanes) is 32. The Morgan fingerprint density at radius 2 is 0.696 bits per heavy atom. The zero-order chi connectivity index (χ0) is 40.7. The van der Waals surface area contributed by atoms with Crippen LogP contribution >= 0.6 is 0 Å². The number of hydrogen-bond acceptors (Lipinski definition) is 3. The van der Waals surface area contributed by atoms with Crippen LogP contribution in [0.4, 0.5) is 0 Å². The summed E-state index contributed by atoms with van der Waals surface area (Å²) in [6.07, 6.45) is 65.3. The standard InChI is InChI=1S/C52H97NO3/c1-3-5-7-9-11-13-15-17-19-21-23-24-25-26-27-28-29-30-32-34-36-38-40-42-44-46-48-52(56)53-50(49-54)51(55)47-45-43-41-39-37-35-33-31-22-20-18-16-14-12-10-8-6-4-2/h22,26-27,31,37,39,45,47,50-51,54-55H,3-21,23-25,28-30,32-36,38,40-44,46,48-49H2,1-2H3,(H,53,56)/b27-26-,31-22+,39-37+,47-45+. The fraction of sp³-hybridized carbons (Fsp3) is 0.827. The van der Waals surface area contributed by atoms with Crippen LogP contribution in [0.1, 0.15) is 258 Å². The highest BCUT2D eigenvalue weighted by Gasteiger charge is 2.17. The van der Waals surface area contributed by atoms with E-state index in [1.807, 2.05) is 6.08 Å². The first-order valence-corrected chi connectivity index (χ1v) is 24.9. The number of rotatable bonds is 45. The average Bonchev–Trinajstić information content (AvgIpc) is 3.20. The summed E-state index contributed by atoms with van der Waals surface area (Å²) in [5.41, 5.74) is 0. The lowest BCUT2D eigenvalue weighted by Crippen LogP contribution is -2.45. The molecule has 0 spiro atoms. The minimum absolute atomic E-state index is 0.0783. The molecule has 56 heavy (non-hydrogen) atoms. The van der Waals surface area contributed by atoms with Crippen LogP contribution in [-0.4, -0.2) is 34.9 Å². The largest absolute Gasteiger partial charge is 0.394 e. The number of carbonyl (C=O) groups is 1. The van der Waals surface area contributed by atoms with Gasteiger partial charge in [-0.15, -0.1) is 0 Å². The van der Waals surface area contributed by atoms with Crippen molar-refractivity contribution in [3.8, 4) is 0 Å². The molecular weight excluding hydrogens is 687 g/mol. The average molecular weight is 784 g/mol. The van der Waals surface area contributed by atoms with Crippen molar-refractivity contribution in [3.63, 3.8) is 0 Å². The molecule has 0 aliphatic rings. The summed E-state index contributed by atoms with van der Waals surface area (Å²) in [5, 5.41) is 23.0. The SMILES string of the molecule is CCCCCCCCCC/C=C/CC/C=C/CC/C=C/C(O)C(CO)NC(=O)CCCCCCCCCCCC/C=C\CCCCCCCCCCCCCC. The molecule has 2 unspecified atom stereocenters. The summed E-state index contributed by atoms with van der Waals surface area (Å²) in [5.74, 6) is -0.0783. The summed E-state index contributed by atoms with van der Waals surface area (Å²) in [7, 11) is 0. The second-order valence-corrected chi connectivity index (χ2v) is 16.9. The Morgan fingerprint density at radius 1 is 0.411 bits per heavy atom. The first kappa shape index (κ1) is 54.3. The Balaban J connectivity index is 3.57. The van der Waals surface area contributed by atoms with Crippen LogP contribution in [0.2, 0.25) is 0 Å². The Hall–Kier alpha value is -1.65. The smallest absolute Gasteiger partial charge is 0.220 e. The molecule has 0 aliphatic heterocycles. The predicted molar refractivity (Wildman–Crippen MR) is 248 cm³/mol. The maximum absolute atomic E-state index is 12.4. The first-order valence-electron chi connectivity index (χ1n) is 24.9. The molecule has 0 aromatic carbocycles. The van der Waals surface area contributed by atoms with E-state index in [1.54, 1.807) is 6.08 Å². The van der Waals surface area contributed by atoms with Gasteiger partial charge in [-0.3, -0.25) is 4.79 Å². The van der Waals surface area contributed by atoms with E-state index in [2.05, 4.69) is 55.6 Å². The van der Waals surface area contributed by atoms with E-state index in [0.717, 1.165) is 38.5 Å². The number of carbonyl (C=O) groups excluding carboxylic acids is 1. The molecule has 0 rings (SSSR count). The van der Waals surface area contributed by atoms with Gasteiger partial charge in [0.25, 0.3) is 0 Å². The van der Waals surface area contributed by atoms with Gasteiger partial charge in [-0.05, 0) is 70.6 Å². The van der Waals surface area contributed by atoms with E-state index in [4.69, 9.17) is 0 Å². The van der Waals surface area contributed by atoms with Gasteiger partial charge in [-0.25, -0.2) is 0 Å². The summed E-state index contributed by atoms with van der Waals surface area (Å²) < 4.78 is 0. The summed E-state index contributed by atoms with van der Waals surface area (Å²) in [4.78, 5) is 12.4. The molecule has 2 atom stereocenters. The van der Waals surface area contributed by atoms with Crippen LogP contribution in [0.25, 0.3) is 0 Å². The second-order valence-electron chi connectivity index (χ2n) is 16.9. The van der Waals surface area contributed by atoms with Crippen molar-refractivity contribution in [2.24, 2.45) is 0 Å². The number of amides is 1. The van der Waals surface area contributed by atoms with Crippen LogP contribution in [-0.2, 0) is 4.79 Å². The lowest BCUT2D eigenvalue weighted by Gasteiger charge is -2.19. The molecule has 328 valence electrons. The highest BCUT2D eigenvalue weighted by molar-refractivity contribution is 5.76. The normalized spacial score (nSPS) is 13.3. The number of aliphatic hydroxyl groups excluding tert-OH is 2. The molecule has 0 aromatic rings. The second kappa shape index (κ2) is 47.7. The third-order valence-electron chi connectivity index (χ3n) is 11.3. The first-order chi connectivity index (χ1) is 27.7. The Kier molecular flexibility index (Phi) is 46.3. The van der Waals surface area contributed by atoms with E-state index >= 15 is 0 Å². The van der Waals surface area contributed by atoms with Crippen LogP contribution < -0.4 is 5.32 Å².